The van der Waals surface area contributed by atoms with E-state index in [2.05, 4.69) is 26.0 Å². The average Bonchev–Trinajstić information content (AvgIpc) is 2.53. The second-order valence-electron chi connectivity index (χ2n) is 5.95. The molecule has 1 saturated heterocycles. The monoisotopic (exact) mass is 295 g/mol. The van der Waals surface area contributed by atoms with E-state index in [0.29, 0.717) is 0 Å². The van der Waals surface area contributed by atoms with Crippen molar-refractivity contribution in [1.82, 2.24) is 4.90 Å². The largest absolute Gasteiger partial charge is 0.497 e. The van der Waals surface area contributed by atoms with Gasteiger partial charge in [0.1, 0.15) is 5.75 Å². The van der Waals surface area contributed by atoms with Gasteiger partial charge in [0.2, 0.25) is 5.91 Å². The zero-order valence-electron chi connectivity index (χ0n) is 13.2. The molecule has 0 unspecified atom stereocenters. The lowest BCUT2D eigenvalue weighted by Gasteiger charge is -2.50. The molecule has 1 amide bonds. The number of ether oxygens (including phenoxy) is 1. The molecule has 2 aromatic rings. The number of nitrogens with zero attached hydrogens (tertiary/aromatic N) is 1. The lowest BCUT2D eigenvalue weighted by Crippen LogP contribution is -2.56. The number of β-lactam (4-membered cyclic amide) rings is 1. The normalized spacial score (nSPS) is 20.9. The van der Waals surface area contributed by atoms with Crippen molar-refractivity contribution in [3.8, 4) is 5.75 Å². The Hall–Kier alpha value is -2.29. The lowest BCUT2D eigenvalue weighted by molar-refractivity contribution is -0.153. The topological polar surface area (TPSA) is 29.5 Å². The first-order chi connectivity index (χ1) is 10.6. The van der Waals surface area contributed by atoms with E-state index < -0.39 is 0 Å². The van der Waals surface area contributed by atoms with Crippen molar-refractivity contribution in [3.63, 3.8) is 0 Å². The van der Waals surface area contributed by atoms with Gasteiger partial charge in [-0.2, -0.15) is 0 Å². The maximum absolute atomic E-state index is 12.6. The molecular formula is C19H21NO2. The molecule has 0 radical (unpaired) electrons. The predicted molar refractivity (Wildman–Crippen MR) is 86.9 cm³/mol. The van der Waals surface area contributed by atoms with Crippen LogP contribution in [-0.2, 0) is 4.79 Å². The zero-order valence-corrected chi connectivity index (χ0v) is 13.2. The number of carbonyl (C=O) groups excluding carboxylic acids is 1. The van der Waals surface area contributed by atoms with E-state index in [1.807, 2.05) is 47.4 Å². The Morgan fingerprint density at radius 2 is 1.59 bits per heavy atom. The van der Waals surface area contributed by atoms with Gasteiger partial charge in [-0.3, -0.25) is 4.79 Å². The Labute approximate surface area is 131 Å². The lowest BCUT2D eigenvalue weighted by atomic mass is 9.77. The molecule has 0 aromatic heterocycles. The summed E-state index contributed by atoms with van der Waals surface area (Å²) in [6.45, 7) is 4.13. The highest BCUT2D eigenvalue weighted by molar-refractivity contribution is 5.91. The SMILES string of the molecule is COc1ccc([C@H]2[C@@H](c3ccccc3)C(=O)N2C(C)C)cc1. The highest BCUT2D eigenvalue weighted by Gasteiger charge is 2.49. The quantitative estimate of drug-likeness (QED) is 0.804. The number of benzene rings is 2. The second-order valence-corrected chi connectivity index (χ2v) is 5.95. The Morgan fingerprint density at radius 1 is 0.955 bits per heavy atom. The smallest absolute Gasteiger partial charge is 0.233 e. The fourth-order valence-electron chi connectivity index (χ4n) is 3.23. The first-order valence-electron chi connectivity index (χ1n) is 7.64. The molecule has 0 N–H and O–H groups in total. The Bertz CT molecular complexity index is 649. The third-order valence-corrected chi connectivity index (χ3v) is 4.31. The van der Waals surface area contributed by atoms with Crippen molar-refractivity contribution in [2.24, 2.45) is 0 Å². The third-order valence-electron chi connectivity index (χ3n) is 4.31. The minimum Gasteiger partial charge on any atom is -0.497 e. The number of rotatable bonds is 4. The molecule has 3 rings (SSSR count). The van der Waals surface area contributed by atoms with E-state index in [0.717, 1.165) is 16.9 Å². The van der Waals surface area contributed by atoms with Crippen molar-refractivity contribution in [2.45, 2.75) is 31.8 Å². The van der Waals surface area contributed by atoms with Gasteiger partial charge in [-0.1, -0.05) is 42.5 Å². The van der Waals surface area contributed by atoms with Crippen LogP contribution in [0.15, 0.2) is 54.6 Å². The van der Waals surface area contributed by atoms with Crippen LogP contribution < -0.4 is 4.74 Å². The van der Waals surface area contributed by atoms with E-state index >= 15 is 0 Å². The van der Waals surface area contributed by atoms with E-state index in [4.69, 9.17) is 4.74 Å². The number of hydrogen-bond acceptors (Lipinski definition) is 2. The predicted octanol–water partition coefficient (Wildman–Crippen LogP) is 3.77. The van der Waals surface area contributed by atoms with Gasteiger partial charge >= 0.3 is 0 Å². The molecule has 3 heteroatoms. The molecule has 1 aliphatic heterocycles. The molecule has 22 heavy (non-hydrogen) atoms. The summed E-state index contributed by atoms with van der Waals surface area (Å²) < 4.78 is 5.23. The molecule has 3 nitrogen and oxygen atoms in total. The van der Waals surface area contributed by atoms with Gasteiger partial charge in [0, 0.05) is 6.04 Å². The van der Waals surface area contributed by atoms with Crippen molar-refractivity contribution < 1.29 is 9.53 Å². The van der Waals surface area contributed by atoms with Gasteiger partial charge < -0.3 is 9.64 Å². The summed E-state index contributed by atoms with van der Waals surface area (Å²) in [5.41, 5.74) is 2.24. The van der Waals surface area contributed by atoms with Gasteiger partial charge in [0.25, 0.3) is 0 Å². The van der Waals surface area contributed by atoms with Crippen LogP contribution in [0, 0.1) is 0 Å². The van der Waals surface area contributed by atoms with Gasteiger partial charge in [0.15, 0.2) is 0 Å². The van der Waals surface area contributed by atoms with Gasteiger partial charge in [-0.25, -0.2) is 0 Å². The van der Waals surface area contributed by atoms with E-state index in [1.54, 1.807) is 7.11 Å². The fraction of sp³-hybridized carbons (Fsp3) is 0.316. The van der Waals surface area contributed by atoms with Gasteiger partial charge in [0.05, 0.1) is 19.1 Å². The van der Waals surface area contributed by atoms with Crippen molar-refractivity contribution in [3.05, 3.63) is 65.7 Å². The Kier molecular flexibility index (Phi) is 3.88. The van der Waals surface area contributed by atoms with Gasteiger partial charge in [-0.05, 0) is 37.1 Å². The average molecular weight is 295 g/mol. The zero-order chi connectivity index (χ0) is 15.7. The van der Waals surface area contributed by atoms with Crippen molar-refractivity contribution in [2.75, 3.05) is 7.11 Å². The molecule has 1 fully saturated rings. The number of amides is 1. The van der Waals surface area contributed by atoms with Crippen LogP contribution in [0.1, 0.15) is 36.9 Å². The van der Waals surface area contributed by atoms with Crippen LogP contribution in [0.25, 0.3) is 0 Å². The standard InChI is InChI=1S/C19H21NO2/c1-13(2)20-18(15-9-11-16(22-3)12-10-15)17(19(20)21)14-7-5-4-6-8-14/h4-13,17-18H,1-3H3/t17-,18+/m1/s1. The first-order valence-corrected chi connectivity index (χ1v) is 7.64. The molecular weight excluding hydrogens is 274 g/mol. The summed E-state index contributed by atoms with van der Waals surface area (Å²) in [6, 6.07) is 18.4. The van der Waals surface area contributed by atoms with Crippen molar-refractivity contribution in [1.29, 1.82) is 0 Å². The summed E-state index contributed by atoms with van der Waals surface area (Å²) in [7, 11) is 1.66. The van der Waals surface area contributed by atoms with Crippen LogP contribution in [0.5, 0.6) is 5.75 Å². The fourth-order valence-corrected chi connectivity index (χ4v) is 3.23. The molecule has 2 aromatic carbocycles. The highest BCUT2D eigenvalue weighted by atomic mass is 16.5. The van der Waals surface area contributed by atoms with E-state index in [-0.39, 0.29) is 23.9 Å². The minimum absolute atomic E-state index is 0.0861. The molecule has 0 saturated carbocycles. The summed E-state index contributed by atoms with van der Waals surface area (Å²) in [5, 5.41) is 0. The number of likely N-dealkylation sites (tertiary alicyclic amines) is 1. The Balaban J connectivity index is 1.97. The summed E-state index contributed by atoms with van der Waals surface area (Å²) in [6.07, 6.45) is 0. The molecule has 2 atom stereocenters. The maximum atomic E-state index is 12.6. The van der Waals surface area contributed by atoms with Gasteiger partial charge in [-0.15, -0.1) is 0 Å². The third kappa shape index (κ3) is 2.37. The number of hydrogen-bond donors (Lipinski definition) is 0. The summed E-state index contributed by atoms with van der Waals surface area (Å²) >= 11 is 0. The van der Waals surface area contributed by atoms with E-state index in [1.165, 1.54) is 0 Å². The minimum atomic E-state index is -0.0861. The Morgan fingerprint density at radius 3 is 2.14 bits per heavy atom. The number of carbonyl (C=O) groups is 1. The second kappa shape index (κ2) is 5.84. The summed E-state index contributed by atoms with van der Waals surface area (Å²) in [4.78, 5) is 14.6. The molecule has 1 aliphatic rings. The van der Waals surface area contributed by atoms with Crippen LogP contribution in [0.4, 0.5) is 0 Å². The molecule has 0 aliphatic carbocycles. The maximum Gasteiger partial charge on any atom is 0.233 e. The van der Waals surface area contributed by atoms with E-state index in [9.17, 15) is 4.79 Å². The van der Waals surface area contributed by atoms with Crippen LogP contribution in [0.2, 0.25) is 0 Å². The number of methoxy groups -OCH3 is 1. The molecule has 1 heterocycles. The van der Waals surface area contributed by atoms with Crippen molar-refractivity contribution >= 4 is 5.91 Å². The highest BCUT2D eigenvalue weighted by Crippen LogP contribution is 2.47. The summed E-state index contributed by atoms with van der Waals surface area (Å²) in [5.74, 6) is 0.959. The molecule has 0 spiro atoms. The van der Waals surface area contributed by atoms with Crippen LogP contribution in [-0.4, -0.2) is 24.0 Å². The van der Waals surface area contributed by atoms with Crippen LogP contribution >= 0.6 is 0 Å². The molecule has 114 valence electrons. The molecule has 0 bridgehead atoms. The van der Waals surface area contributed by atoms with Crippen LogP contribution in [0.3, 0.4) is 0 Å². The first kappa shape index (κ1) is 14.6.